The van der Waals surface area contributed by atoms with Gasteiger partial charge in [-0.3, -0.25) is 4.90 Å². The van der Waals surface area contributed by atoms with Crippen molar-refractivity contribution in [3.63, 3.8) is 0 Å². The van der Waals surface area contributed by atoms with E-state index in [0.717, 1.165) is 18.5 Å². The van der Waals surface area contributed by atoms with Gasteiger partial charge in [0.25, 0.3) is 0 Å². The molecule has 1 saturated heterocycles. The standard InChI is InChI=1S/C18H21NO5/c1-19-5-4-9-6-14(23-3)17-15(16(9)19)10-8-13(22-2)12(20)7-11(10)18(21)24-17/h6-8,14-17,20H,4-5H2,1-3H3/t14-,15-,16+,17+/m0/s1. The van der Waals surface area contributed by atoms with Gasteiger partial charge in [-0.2, -0.15) is 0 Å². The van der Waals surface area contributed by atoms with Gasteiger partial charge in [0.05, 0.1) is 12.7 Å². The number of nitrogens with zero attached hydrogens (tertiary/aromatic N) is 1. The molecule has 6 heteroatoms. The highest BCUT2D eigenvalue weighted by Crippen LogP contribution is 2.48. The zero-order chi connectivity index (χ0) is 17.0. The Hall–Kier alpha value is -2.05. The van der Waals surface area contributed by atoms with Crippen LogP contribution in [0.15, 0.2) is 23.8 Å². The Kier molecular flexibility index (Phi) is 3.54. The molecule has 1 aromatic rings. The molecule has 0 aromatic heterocycles. The molecule has 3 aliphatic rings. The van der Waals surface area contributed by atoms with Crippen molar-refractivity contribution in [2.24, 2.45) is 0 Å². The molecule has 1 fully saturated rings. The number of likely N-dealkylation sites (N-methyl/N-ethyl adjacent to an activating group) is 1. The van der Waals surface area contributed by atoms with Crippen LogP contribution in [0.5, 0.6) is 11.5 Å². The predicted molar refractivity (Wildman–Crippen MR) is 86.5 cm³/mol. The summed E-state index contributed by atoms with van der Waals surface area (Å²) < 4.78 is 16.6. The number of carbonyl (C=O) groups is 1. The maximum absolute atomic E-state index is 12.5. The predicted octanol–water partition coefficient (Wildman–Crippen LogP) is 1.68. The van der Waals surface area contributed by atoms with E-state index in [4.69, 9.17) is 14.2 Å². The van der Waals surface area contributed by atoms with Crippen LogP contribution in [0, 0.1) is 0 Å². The Labute approximate surface area is 140 Å². The van der Waals surface area contributed by atoms with Crippen molar-refractivity contribution in [2.75, 3.05) is 27.8 Å². The van der Waals surface area contributed by atoms with Crippen LogP contribution in [-0.4, -0.2) is 62.0 Å². The highest BCUT2D eigenvalue weighted by atomic mass is 16.6. The highest BCUT2D eigenvalue weighted by Gasteiger charge is 2.50. The average Bonchev–Trinajstić information content (AvgIpc) is 2.94. The first kappa shape index (κ1) is 15.5. The van der Waals surface area contributed by atoms with Gasteiger partial charge in [-0.1, -0.05) is 11.6 Å². The summed E-state index contributed by atoms with van der Waals surface area (Å²) in [6.45, 7) is 0.967. The maximum atomic E-state index is 12.5. The Balaban J connectivity index is 1.90. The van der Waals surface area contributed by atoms with Gasteiger partial charge in [0, 0.05) is 25.6 Å². The topological polar surface area (TPSA) is 68.2 Å². The molecule has 128 valence electrons. The van der Waals surface area contributed by atoms with Gasteiger partial charge in [-0.25, -0.2) is 4.79 Å². The third-order valence-electron chi connectivity index (χ3n) is 5.45. The lowest BCUT2D eigenvalue weighted by atomic mass is 9.73. The van der Waals surface area contributed by atoms with E-state index in [9.17, 15) is 9.90 Å². The second-order valence-corrected chi connectivity index (χ2v) is 6.62. The van der Waals surface area contributed by atoms with Gasteiger partial charge in [0.1, 0.15) is 12.2 Å². The first-order valence-corrected chi connectivity index (χ1v) is 8.10. The summed E-state index contributed by atoms with van der Waals surface area (Å²) in [7, 11) is 5.23. The van der Waals surface area contributed by atoms with Crippen LogP contribution in [-0.2, 0) is 9.47 Å². The number of esters is 1. The van der Waals surface area contributed by atoms with E-state index < -0.39 is 5.97 Å². The minimum absolute atomic E-state index is 0.0374. The maximum Gasteiger partial charge on any atom is 0.338 e. The Morgan fingerprint density at radius 1 is 1.33 bits per heavy atom. The van der Waals surface area contributed by atoms with E-state index in [-0.39, 0.29) is 29.9 Å². The molecular weight excluding hydrogens is 310 g/mol. The van der Waals surface area contributed by atoms with Crippen LogP contribution in [0.1, 0.15) is 28.3 Å². The zero-order valence-corrected chi connectivity index (χ0v) is 14.0. The third-order valence-corrected chi connectivity index (χ3v) is 5.45. The van der Waals surface area contributed by atoms with Gasteiger partial charge in [-0.05, 0) is 31.2 Å². The third kappa shape index (κ3) is 2.06. The van der Waals surface area contributed by atoms with Crippen LogP contribution in [0.2, 0.25) is 0 Å². The second-order valence-electron chi connectivity index (χ2n) is 6.62. The van der Waals surface area contributed by atoms with Crippen LogP contribution in [0.25, 0.3) is 0 Å². The molecule has 24 heavy (non-hydrogen) atoms. The van der Waals surface area contributed by atoms with Crippen LogP contribution in [0.3, 0.4) is 0 Å². The fourth-order valence-corrected chi connectivity index (χ4v) is 4.33. The fourth-order valence-electron chi connectivity index (χ4n) is 4.33. The minimum atomic E-state index is -0.427. The molecule has 4 atom stereocenters. The molecule has 0 radical (unpaired) electrons. The number of phenols is 1. The number of likely N-dealkylation sites (tertiary alicyclic amines) is 1. The van der Waals surface area contributed by atoms with Crippen molar-refractivity contribution in [3.05, 3.63) is 34.9 Å². The zero-order valence-electron chi connectivity index (χ0n) is 14.0. The van der Waals surface area contributed by atoms with E-state index in [1.54, 1.807) is 13.2 Å². The number of aromatic hydroxyl groups is 1. The number of hydrogen-bond acceptors (Lipinski definition) is 6. The monoisotopic (exact) mass is 331 g/mol. The molecule has 1 aliphatic carbocycles. The van der Waals surface area contributed by atoms with Crippen molar-refractivity contribution < 1.29 is 24.1 Å². The number of carbonyl (C=O) groups excluding carboxylic acids is 1. The quantitative estimate of drug-likeness (QED) is 0.657. The lowest BCUT2D eigenvalue weighted by Gasteiger charge is -2.44. The van der Waals surface area contributed by atoms with E-state index in [0.29, 0.717) is 11.3 Å². The molecule has 0 unspecified atom stereocenters. The van der Waals surface area contributed by atoms with Crippen molar-refractivity contribution in [3.8, 4) is 11.5 Å². The van der Waals surface area contributed by atoms with E-state index in [1.165, 1.54) is 18.7 Å². The molecule has 6 nitrogen and oxygen atoms in total. The van der Waals surface area contributed by atoms with E-state index in [2.05, 4.69) is 18.0 Å². The molecule has 0 amide bonds. The van der Waals surface area contributed by atoms with Crippen molar-refractivity contribution in [2.45, 2.75) is 30.6 Å². The Bertz CT molecular complexity index is 728. The minimum Gasteiger partial charge on any atom is -0.504 e. The Morgan fingerprint density at radius 3 is 2.83 bits per heavy atom. The molecule has 0 saturated carbocycles. The number of hydrogen-bond donors (Lipinski definition) is 1. The molecule has 2 heterocycles. The van der Waals surface area contributed by atoms with Crippen molar-refractivity contribution >= 4 is 5.97 Å². The van der Waals surface area contributed by atoms with Crippen LogP contribution in [0.4, 0.5) is 0 Å². The number of ether oxygens (including phenoxy) is 3. The molecule has 1 N–H and O–H groups in total. The van der Waals surface area contributed by atoms with Gasteiger partial charge >= 0.3 is 5.97 Å². The van der Waals surface area contributed by atoms with E-state index in [1.807, 2.05) is 0 Å². The van der Waals surface area contributed by atoms with Crippen molar-refractivity contribution in [1.82, 2.24) is 4.90 Å². The summed E-state index contributed by atoms with van der Waals surface area (Å²) in [5, 5.41) is 10.0. The molecule has 4 rings (SSSR count). The number of phenolic OH excluding ortho intramolecular Hbond substituents is 1. The summed E-state index contributed by atoms with van der Waals surface area (Å²) in [6, 6.07) is 3.38. The second kappa shape index (κ2) is 5.50. The van der Waals surface area contributed by atoms with Crippen molar-refractivity contribution in [1.29, 1.82) is 0 Å². The summed E-state index contributed by atoms with van der Waals surface area (Å²) in [5.74, 6) is -0.150. The van der Waals surface area contributed by atoms with Gasteiger partial charge in [0.15, 0.2) is 11.5 Å². The number of benzene rings is 1. The average molecular weight is 331 g/mol. The Morgan fingerprint density at radius 2 is 2.12 bits per heavy atom. The summed E-state index contributed by atoms with van der Waals surface area (Å²) in [5.41, 5.74) is 2.59. The molecule has 2 aliphatic heterocycles. The van der Waals surface area contributed by atoms with Crippen LogP contribution < -0.4 is 4.74 Å². The van der Waals surface area contributed by atoms with Gasteiger partial charge in [-0.15, -0.1) is 0 Å². The SMILES string of the molecule is COc1cc2c(cc1O)C(=O)O[C@H]1[C@@H]2[C@H]2C(=C[C@@H]1OC)CCN2C. The number of methoxy groups -OCH3 is 2. The first-order valence-electron chi connectivity index (χ1n) is 8.10. The lowest BCUT2D eigenvalue weighted by Crippen LogP contribution is -2.51. The fraction of sp³-hybridized carbons (Fsp3) is 0.500. The summed E-state index contributed by atoms with van der Waals surface area (Å²) in [4.78, 5) is 14.8. The normalized spacial score (nSPS) is 31.6. The summed E-state index contributed by atoms with van der Waals surface area (Å²) in [6.07, 6.45) is 2.46. The van der Waals surface area contributed by atoms with Crippen LogP contribution >= 0.6 is 0 Å². The number of fused-ring (bicyclic) bond motifs is 5. The highest BCUT2D eigenvalue weighted by molar-refractivity contribution is 5.94. The molecule has 1 aromatic carbocycles. The van der Waals surface area contributed by atoms with Gasteiger partial charge in [0.2, 0.25) is 0 Å². The molecule has 0 bridgehead atoms. The molecule has 0 spiro atoms. The van der Waals surface area contributed by atoms with Gasteiger partial charge < -0.3 is 19.3 Å². The smallest absolute Gasteiger partial charge is 0.338 e. The van der Waals surface area contributed by atoms with E-state index >= 15 is 0 Å². The lowest BCUT2D eigenvalue weighted by molar-refractivity contribution is -0.0468. The first-order chi connectivity index (χ1) is 11.5. The number of rotatable bonds is 2. The largest absolute Gasteiger partial charge is 0.504 e. The summed E-state index contributed by atoms with van der Waals surface area (Å²) >= 11 is 0. The molecular formula is C18H21NO5.